The van der Waals surface area contributed by atoms with Gasteiger partial charge in [0.15, 0.2) is 6.19 Å². The zero-order valence-corrected chi connectivity index (χ0v) is 31.0. The molecule has 0 bridgehead atoms. The van der Waals surface area contributed by atoms with Crippen molar-refractivity contribution in [3.05, 3.63) is 155 Å². The number of aromatic nitrogens is 3. The number of hydrogen-bond donors (Lipinski definition) is 7. The Morgan fingerprint density at radius 2 is 1.37 bits per heavy atom. The van der Waals surface area contributed by atoms with E-state index in [4.69, 9.17) is 32.4 Å². The second-order valence-corrected chi connectivity index (χ2v) is 12.9. The zero-order valence-electron chi connectivity index (χ0n) is 30.2. The van der Waals surface area contributed by atoms with Crippen molar-refractivity contribution < 1.29 is 40.3 Å². The number of sulfonamides is 1. The van der Waals surface area contributed by atoms with Crippen LogP contribution in [0.2, 0.25) is 0 Å². The van der Waals surface area contributed by atoms with Crippen molar-refractivity contribution in [2.24, 2.45) is 21.7 Å². The molecule has 304 valence electrons. The number of primary sulfonamides is 1. The first kappa shape index (κ1) is 44.0. The number of nitrogens with two attached hydrogens (primary N) is 4. The van der Waals surface area contributed by atoms with E-state index in [1.54, 1.807) is 48.0 Å². The first-order valence-corrected chi connectivity index (χ1v) is 18.0. The second-order valence-electron chi connectivity index (χ2n) is 11.3. The van der Waals surface area contributed by atoms with Crippen LogP contribution in [0.5, 0.6) is 5.75 Å². The summed E-state index contributed by atoms with van der Waals surface area (Å²) < 4.78 is 81.4. The molecule has 22 heteroatoms. The Morgan fingerprint density at radius 1 is 0.814 bits per heavy atom. The van der Waals surface area contributed by atoms with E-state index in [2.05, 4.69) is 25.7 Å². The van der Waals surface area contributed by atoms with E-state index in [-0.39, 0.29) is 22.8 Å². The topological polar surface area (TPSA) is 285 Å². The summed E-state index contributed by atoms with van der Waals surface area (Å²) in [5.41, 5.74) is 13.4. The van der Waals surface area contributed by atoms with Crippen LogP contribution < -0.4 is 43.2 Å². The molecule has 1 amide bonds. The normalized spacial score (nSPS) is 10.8. The fraction of sp³-hybridized carbons (Fsp3) is 0.0270. The smallest absolute Gasteiger partial charge is 0.309 e. The van der Waals surface area contributed by atoms with Gasteiger partial charge in [-0.2, -0.15) is 19.9 Å². The number of nitriles is 1. The van der Waals surface area contributed by atoms with E-state index in [0.29, 0.717) is 28.4 Å². The summed E-state index contributed by atoms with van der Waals surface area (Å²) in [6.07, 6.45) is 1.72. The number of amides is 1. The van der Waals surface area contributed by atoms with Gasteiger partial charge in [0, 0.05) is 12.2 Å². The maximum absolute atomic E-state index is 13.8. The van der Waals surface area contributed by atoms with Gasteiger partial charge >= 0.3 is 6.02 Å². The van der Waals surface area contributed by atoms with Crippen LogP contribution >= 0.6 is 0 Å². The molecule has 17 nitrogen and oxygen atoms in total. The average molecular weight is 833 g/mol. The Morgan fingerprint density at radius 3 is 1.88 bits per heavy atom. The first-order valence-electron chi connectivity index (χ1n) is 16.5. The maximum atomic E-state index is 13.8. The highest BCUT2D eigenvalue weighted by Crippen LogP contribution is 2.20. The molecule has 0 fully saturated rings. The molecule has 5 aromatic carbocycles. The minimum Gasteiger partial charge on any atom is -0.425 e. The molecule has 6 rings (SSSR count). The van der Waals surface area contributed by atoms with E-state index >= 15 is 0 Å². The maximum Gasteiger partial charge on any atom is 0.309 e. The number of hydrazine groups is 1. The number of hydrogen-bond acceptors (Lipinski definition) is 13. The third-order valence-electron chi connectivity index (χ3n) is 7.28. The van der Waals surface area contributed by atoms with Crippen LogP contribution in [0.4, 0.5) is 40.8 Å². The highest BCUT2D eigenvalue weighted by Gasteiger charge is 2.23. The average Bonchev–Trinajstić information content (AvgIpc) is 3.58. The Hall–Kier alpha value is -7.71. The number of halogens is 4. The van der Waals surface area contributed by atoms with Crippen LogP contribution in [0.3, 0.4) is 0 Å². The van der Waals surface area contributed by atoms with E-state index in [0.717, 1.165) is 42.0 Å². The minimum atomic E-state index is -3.75. The third kappa shape index (κ3) is 12.4. The number of nitrogens with zero attached hydrogens (tertiary/aromatic N) is 5. The molecule has 1 aromatic heterocycles. The largest absolute Gasteiger partial charge is 0.425 e. The Bertz CT molecular complexity index is 2550. The molecular formula is C37H32F4N12O5S. The lowest BCUT2D eigenvalue weighted by Gasteiger charge is -2.06. The second kappa shape index (κ2) is 20.5. The SMILES string of the molecule is N#CNC(=Nc1ccc(S(N)(=O)=O)cc1)Oc1ccccc1.NCc1ccc(Nc2nc(N)n(C(=O)c3c(F)cccc3F)n2)cc1.NNC(=O)c1c(F)cccc1F. The van der Waals surface area contributed by atoms with Gasteiger partial charge in [-0.15, -0.1) is 5.10 Å². The summed E-state index contributed by atoms with van der Waals surface area (Å²) in [6.45, 7) is 0.406. The van der Waals surface area contributed by atoms with Crippen molar-refractivity contribution >= 4 is 51.1 Å². The van der Waals surface area contributed by atoms with Crippen LogP contribution in [-0.2, 0) is 16.6 Å². The molecule has 0 saturated heterocycles. The van der Waals surface area contributed by atoms with Crippen molar-refractivity contribution in [3.63, 3.8) is 0 Å². The molecule has 0 spiro atoms. The molecule has 0 radical (unpaired) electrons. The van der Waals surface area contributed by atoms with Crippen LogP contribution in [0.1, 0.15) is 26.3 Å². The predicted octanol–water partition coefficient (Wildman–Crippen LogP) is 4.07. The number of ether oxygens (including phenoxy) is 1. The van der Waals surface area contributed by atoms with Crippen LogP contribution in [0.25, 0.3) is 0 Å². The van der Waals surface area contributed by atoms with Gasteiger partial charge in [0.2, 0.25) is 21.9 Å². The third-order valence-corrected chi connectivity index (χ3v) is 8.21. The number of benzene rings is 5. The zero-order chi connectivity index (χ0) is 43.1. The van der Waals surface area contributed by atoms with Crippen molar-refractivity contribution in [2.45, 2.75) is 11.4 Å². The summed E-state index contributed by atoms with van der Waals surface area (Å²) in [5.74, 6) is -0.977. The van der Waals surface area contributed by atoms with Gasteiger partial charge in [-0.05, 0) is 78.4 Å². The monoisotopic (exact) mass is 832 g/mol. The molecule has 11 N–H and O–H groups in total. The summed E-state index contributed by atoms with van der Waals surface area (Å²) in [6, 6.07) is 27.6. The number of anilines is 3. The van der Waals surface area contributed by atoms with E-state index in [1.165, 1.54) is 24.3 Å². The van der Waals surface area contributed by atoms with Gasteiger partial charge in [0.25, 0.3) is 11.8 Å². The van der Waals surface area contributed by atoms with Gasteiger partial charge in [0.1, 0.15) is 40.1 Å². The minimum absolute atomic E-state index is 0.0168. The molecule has 1 heterocycles. The number of para-hydroxylation sites is 1. The molecular weight excluding hydrogens is 801 g/mol. The summed E-state index contributed by atoms with van der Waals surface area (Å²) in [5, 5.41) is 22.8. The van der Waals surface area contributed by atoms with Crippen LogP contribution in [0.15, 0.2) is 125 Å². The standard InChI is InChI=1S/C16H14F2N6O.C14H12N4O3S.C7H6F2N2O/c17-11-2-1-3-12(18)13(11)14(25)24-15(20)22-16(23-24)21-10-6-4-9(8-19)5-7-10;15-10-17-14(21-12-4-2-1-3-5-12)18-11-6-8-13(9-7-11)22(16,19)20;8-4-2-1-3-5(9)6(4)7(12)11-10/h1-7H,8,19H2,(H3,20,21,22,23);1-9H,(H,17,18)(H2,16,19,20);1-3H,10H2,(H,11,12). The fourth-order valence-corrected chi connectivity index (χ4v) is 5.04. The molecule has 0 aliphatic rings. The lowest BCUT2D eigenvalue weighted by atomic mass is 10.2. The van der Waals surface area contributed by atoms with E-state index < -0.39 is 56.2 Å². The van der Waals surface area contributed by atoms with Crippen LogP contribution in [0, 0.1) is 34.7 Å². The van der Waals surface area contributed by atoms with Gasteiger partial charge in [-0.25, -0.2) is 42.3 Å². The summed E-state index contributed by atoms with van der Waals surface area (Å²) in [4.78, 5) is 31.0. The first-order chi connectivity index (χ1) is 28.1. The predicted molar refractivity (Wildman–Crippen MR) is 207 cm³/mol. The number of carbonyl (C=O) groups excluding carboxylic acids is 2. The lowest BCUT2D eigenvalue weighted by Crippen LogP contribution is -2.31. The molecule has 6 aromatic rings. The lowest BCUT2D eigenvalue weighted by molar-refractivity contribution is 0.0933. The highest BCUT2D eigenvalue weighted by atomic mass is 32.2. The Kier molecular flexibility index (Phi) is 15.3. The number of nitrogens with one attached hydrogen (secondary N) is 3. The van der Waals surface area contributed by atoms with Crippen LogP contribution in [-0.4, -0.2) is 41.0 Å². The number of aliphatic imine (C=N–C) groups is 1. The Balaban J connectivity index is 0.000000207. The van der Waals surface area contributed by atoms with Crippen molar-refractivity contribution in [2.75, 3.05) is 11.1 Å². The molecule has 0 unspecified atom stereocenters. The molecule has 0 saturated carbocycles. The number of nitrogen functional groups attached to an aromatic ring is 2. The number of carbonyl (C=O) groups is 2. The van der Waals surface area contributed by atoms with Gasteiger partial charge in [0.05, 0.1) is 10.6 Å². The molecule has 0 atom stereocenters. The Labute approximate surface area is 333 Å². The summed E-state index contributed by atoms with van der Waals surface area (Å²) >= 11 is 0. The number of rotatable bonds is 8. The van der Waals surface area contributed by atoms with E-state index in [1.807, 2.05) is 18.2 Å². The quantitative estimate of drug-likeness (QED) is 0.0167. The number of amidine groups is 1. The van der Waals surface area contributed by atoms with Crippen molar-refractivity contribution in [1.82, 2.24) is 25.5 Å². The van der Waals surface area contributed by atoms with Crippen molar-refractivity contribution in [1.29, 1.82) is 5.26 Å². The van der Waals surface area contributed by atoms with E-state index in [9.17, 15) is 35.6 Å². The molecule has 0 aliphatic heterocycles. The van der Waals surface area contributed by atoms with Gasteiger partial charge < -0.3 is 21.5 Å². The van der Waals surface area contributed by atoms with Crippen molar-refractivity contribution in [3.8, 4) is 11.9 Å². The molecule has 59 heavy (non-hydrogen) atoms. The molecule has 0 aliphatic carbocycles. The van der Waals surface area contributed by atoms with Gasteiger partial charge in [-0.1, -0.05) is 42.5 Å². The highest BCUT2D eigenvalue weighted by molar-refractivity contribution is 7.89. The van der Waals surface area contributed by atoms with Gasteiger partial charge in [-0.3, -0.25) is 15.0 Å². The fourth-order valence-electron chi connectivity index (χ4n) is 4.53. The summed E-state index contributed by atoms with van der Waals surface area (Å²) in [7, 11) is -3.75.